The van der Waals surface area contributed by atoms with Gasteiger partial charge in [-0.3, -0.25) is 9.20 Å². The van der Waals surface area contributed by atoms with Crippen molar-refractivity contribution in [3.8, 4) is 0 Å². The van der Waals surface area contributed by atoms with Crippen LogP contribution in [0, 0.1) is 13.8 Å². The van der Waals surface area contributed by atoms with Gasteiger partial charge in [-0.05, 0) is 43.7 Å². The quantitative estimate of drug-likeness (QED) is 0.662. The van der Waals surface area contributed by atoms with Crippen LogP contribution in [0.4, 0.5) is 5.69 Å². The van der Waals surface area contributed by atoms with Crippen LogP contribution in [0.15, 0.2) is 41.4 Å². The molecular weight excluding hydrogens is 428 g/mol. The Labute approximate surface area is 179 Å². The van der Waals surface area contributed by atoms with Gasteiger partial charge in [-0.1, -0.05) is 17.7 Å². The van der Waals surface area contributed by atoms with E-state index in [0.29, 0.717) is 30.2 Å². The van der Waals surface area contributed by atoms with Crippen molar-refractivity contribution in [3.05, 3.63) is 58.5 Å². The lowest BCUT2D eigenvalue weighted by atomic mass is 10.2. The van der Waals surface area contributed by atoms with E-state index >= 15 is 0 Å². The molecule has 1 N–H and O–H groups in total. The lowest BCUT2D eigenvalue weighted by Crippen LogP contribution is -2.40. The largest absolute Gasteiger partial charge is 0.379 e. The average molecular weight is 449 g/mol. The van der Waals surface area contributed by atoms with Crippen molar-refractivity contribution in [1.82, 2.24) is 13.7 Å². The monoisotopic (exact) mass is 448 g/mol. The summed E-state index contributed by atoms with van der Waals surface area (Å²) in [6.07, 6.45) is 1.76. The van der Waals surface area contributed by atoms with Crippen molar-refractivity contribution < 1.29 is 17.9 Å². The second-order valence-corrected chi connectivity index (χ2v) is 9.39. The number of imidazole rings is 1. The molecule has 2 aromatic heterocycles. The number of benzene rings is 1. The summed E-state index contributed by atoms with van der Waals surface area (Å²) in [6.45, 7) is 4.94. The molecule has 0 unspecified atom stereocenters. The molecule has 4 rings (SSSR count). The lowest BCUT2D eigenvalue weighted by Gasteiger charge is -2.26. The Hall–Kier alpha value is -2.46. The van der Waals surface area contributed by atoms with Crippen molar-refractivity contribution in [2.45, 2.75) is 18.7 Å². The Morgan fingerprint density at radius 1 is 1.20 bits per heavy atom. The summed E-state index contributed by atoms with van der Waals surface area (Å²) < 4.78 is 34.2. The summed E-state index contributed by atoms with van der Waals surface area (Å²) >= 11 is 6.26. The Balaban J connectivity index is 1.67. The van der Waals surface area contributed by atoms with Crippen molar-refractivity contribution in [2.24, 2.45) is 0 Å². The summed E-state index contributed by atoms with van der Waals surface area (Å²) in [5.74, 6) is -0.423. The van der Waals surface area contributed by atoms with E-state index in [4.69, 9.17) is 16.3 Å². The smallest absolute Gasteiger partial charge is 0.274 e. The van der Waals surface area contributed by atoms with E-state index in [-0.39, 0.29) is 28.7 Å². The van der Waals surface area contributed by atoms with Crippen LogP contribution in [0.2, 0.25) is 5.02 Å². The van der Waals surface area contributed by atoms with Gasteiger partial charge >= 0.3 is 0 Å². The Kier molecular flexibility index (Phi) is 5.54. The minimum absolute atomic E-state index is 0.0646. The number of carbonyl (C=O) groups excluding carboxylic acids is 1. The standard InChI is InChI=1S/C20H21ClN4O4S/c1-13-4-3-7-25-18(14(2)22-19(13)25)20(26)23-17-12-15(5-6-16(17)21)30(27,28)24-8-10-29-11-9-24/h3-7,12H,8-11H2,1-2H3,(H,23,26). The van der Waals surface area contributed by atoms with Crippen LogP contribution in [0.5, 0.6) is 0 Å². The van der Waals surface area contributed by atoms with Gasteiger partial charge in [0, 0.05) is 19.3 Å². The second kappa shape index (κ2) is 7.99. The van der Waals surface area contributed by atoms with Crippen molar-refractivity contribution in [3.63, 3.8) is 0 Å². The number of hydrogen-bond acceptors (Lipinski definition) is 5. The Bertz CT molecular complexity index is 1230. The van der Waals surface area contributed by atoms with Crippen molar-refractivity contribution in [1.29, 1.82) is 0 Å². The molecule has 158 valence electrons. The number of nitrogens with zero attached hydrogens (tertiary/aromatic N) is 3. The molecule has 3 aromatic rings. The number of ether oxygens (including phenoxy) is 1. The molecule has 8 nitrogen and oxygen atoms in total. The van der Waals surface area contributed by atoms with Crippen molar-refractivity contribution >= 4 is 38.9 Å². The summed E-state index contributed by atoms with van der Waals surface area (Å²) in [5, 5.41) is 2.98. The first-order chi connectivity index (χ1) is 14.3. The number of anilines is 1. The molecular formula is C20H21ClN4O4S. The van der Waals surface area contributed by atoms with E-state index in [1.54, 1.807) is 17.5 Å². The number of aryl methyl sites for hydroxylation is 2. The van der Waals surface area contributed by atoms with E-state index in [1.165, 1.54) is 22.5 Å². The highest BCUT2D eigenvalue weighted by molar-refractivity contribution is 7.89. The molecule has 30 heavy (non-hydrogen) atoms. The first-order valence-electron chi connectivity index (χ1n) is 9.42. The number of nitrogens with one attached hydrogen (secondary N) is 1. The van der Waals surface area contributed by atoms with Crippen LogP contribution in [0.25, 0.3) is 5.65 Å². The van der Waals surface area contributed by atoms with E-state index in [1.807, 2.05) is 19.1 Å². The highest BCUT2D eigenvalue weighted by atomic mass is 35.5. The van der Waals surface area contributed by atoms with Gasteiger partial charge in [0.25, 0.3) is 5.91 Å². The second-order valence-electron chi connectivity index (χ2n) is 7.04. The third-order valence-electron chi connectivity index (χ3n) is 5.03. The van der Waals surface area contributed by atoms with Crippen LogP contribution in [-0.2, 0) is 14.8 Å². The minimum atomic E-state index is -3.71. The molecule has 10 heteroatoms. The first-order valence-corrected chi connectivity index (χ1v) is 11.2. The molecule has 3 heterocycles. The van der Waals surface area contributed by atoms with Gasteiger partial charge in [-0.15, -0.1) is 0 Å². The number of halogens is 1. The number of morpholine rings is 1. The summed E-state index contributed by atoms with van der Waals surface area (Å²) in [6, 6.07) is 8.04. The van der Waals surface area contributed by atoms with Crippen LogP contribution >= 0.6 is 11.6 Å². The Morgan fingerprint density at radius 3 is 2.67 bits per heavy atom. The fourth-order valence-electron chi connectivity index (χ4n) is 3.47. The molecule has 1 amide bonds. The zero-order valence-corrected chi connectivity index (χ0v) is 18.1. The number of sulfonamides is 1. The van der Waals surface area contributed by atoms with Gasteiger partial charge in [0.1, 0.15) is 11.3 Å². The zero-order valence-electron chi connectivity index (χ0n) is 16.6. The maximum absolute atomic E-state index is 13.0. The molecule has 1 fully saturated rings. The number of carbonyl (C=O) groups is 1. The number of fused-ring (bicyclic) bond motifs is 1. The normalized spacial score (nSPS) is 15.4. The molecule has 0 saturated carbocycles. The molecule has 1 aliphatic rings. The van der Waals surface area contributed by atoms with Gasteiger partial charge < -0.3 is 10.1 Å². The SMILES string of the molecule is Cc1nc2c(C)cccn2c1C(=O)Nc1cc(S(=O)(=O)N2CCOCC2)ccc1Cl. The molecule has 0 spiro atoms. The molecule has 0 bridgehead atoms. The highest BCUT2D eigenvalue weighted by Gasteiger charge is 2.27. The third kappa shape index (κ3) is 3.69. The number of aromatic nitrogens is 2. The average Bonchev–Trinajstić information content (AvgIpc) is 3.07. The first kappa shape index (κ1) is 20.8. The van der Waals surface area contributed by atoms with Gasteiger partial charge in [0.05, 0.1) is 34.5 Å². The molecule has 0 atom stereocenters. The van der Waals surface area contributed by atoms with E-state index < -0.39 is 15.9 Å². The maximum Gasteiger partial charge on any atom is 0.274 e. The number of amides is 1. The summed E-state index contributed by atoms with van der Waals surface area (Å²) in [7, 11) is -3.71. The van der Waals surface area contributed by atoms with Gasteiger partial charge in [0.15, 0.2) is 0 Å². The molecule has 0 aliphatic carbocycles. The molecule has 1 aliphatic heterocycles. The minimum Gasteiger partial charge on any atom is -0.379 e. The topological polar surface area (TPSA) is 93.0 Å². The van der Waals surface area contributed by atoms with Crippen molar-refractivity contribution in [2.75, 3.05) is 31.6 Å². The summed E-state index contributed by atoms with van der Waals surface area (Å²) in [5.41, 5.74) is 2.78. The Morgan fingerprint density at radius 2 is 1.93 bits per heavy atom. The fourth-order valence-corrected chi connectivity index (χ4v) is 5.07. The number of rotatable bonds is 4. The van der Waals surface area contributed by atoms with E-state index in [9.17, 15) is 13.2 Å². The predicted octanol–water partition coefficient (Wildman–Crippen LogP) is 2.88. The number of hydrogen-bond donors (Lipinski definition) is 1. The third-order valence-corrected chi connectivity index (χ3v) is 7.25. The van der Waals surface area contributed by atoms with Gasteiger partial charge in [-0.2, -0.15) is 4.31 Å². The van der Waals surface area contributed by atoms with Gasteiger partial charge in [-0.25, -0.2) is 13.4 Å². The van der Waals surface area contributed by atoms with Crippen LogP contribution < -0.4 is 5.32 Å². The molecule has 1 saturated heterocycles. The summed E-state index contributed by atoms with van der Waals surface area (Å²) in [4.78, 5) is 17.6. The van der Waals surface area contributed by atoms with E-state index in [0.717, 1.165) is 5.56 Å². The predicted molar refractivity (Wildman–Crippen MR) is 114 cm³/mol. The zero-order chi connectivity index (χ0) is 21.5. The number of pyridine rings is 1. The molecule has 1 aromatic carbocycles. The van der Waals surface area contributed by atoms with E-state index in [2.05, 4.69) is 10.3 Å². The van der Waals surface area contributed by atoms with Gasteiger partial charge in [0.2, 0.25) is 10.0 Å². The molecule has 0 radical (unpaired) electrons. The van der Waals surface area contributed by atoms with Crippen LogP contribution in [-0.4, -0.2) is 54.3 Å². The van der Waals surface area contributed by atoms with Crippen LogP contribution in [0.3, 0.4) is 0 Å². The highest BCUT2D eigenvalue weighted by Crippen LogP contribution is 2.28. The lowest BCUT2D eigenvalue weighted by molar-refractivity contribution is 0.0730. The maximum atomic E-state index is 13.0. The fraction of sp³-hybridized carbons (Fsp3) is 0.300. The van der Waals surface area contributed by atoms with Crippen LogP contribution in [0.1, 0.15) is 21.7 Å².